The Morgan fingerprint density at radius 3 is 2.55 bits per heavy atom. The number of aromatic nitrogens is 4. The molecule has 0 fully saturated rings. The van der Waals surface area contributed by atoms with Crippen LogP contribution in [-0.4, -0.2) is 50.3 Å². The normalized spacial score (nSPS) is 10.8. The Morgan fingerprint density at radius 2 is 1.93 bits per heavy atom. The Morgan fingerprint density at radius 1 is 1.21 bits per heavy atom. The van der Waals surface area contributed by atoms with Crippen molar-refractivity contribution in [1.29, 1.82) is 0 Å². The van der Waals surface area contributed by atoms with Crippen molar-refractivity contribution in [1.82, 2.24) is 24.9 Å². The zero-order chi connectivity index (χ0) is 21.3. The zero-order valence-electron chi connectivity index (χ0n) is 16.4. The number of H-pyrrole nitrogens is 1. The Balaban J connectivity index is 1.68. The van der Waals surface area contributed by atoms with Gasteiger partial charge in [-0.1, -0.05) is 23.2 Å². The van der Waals surface area contributed by atoms with Gasteiger partial charge in [0.05, 0.1) is 28.0 Å². The lowest BCUT2D eigenvalue weighted by Crippen LogP contribution is -2.35. The van der Waals surface area contributed by atoms with Crippen LogP contribution >= 0.6 is 23.2 Å². The van der Waals surface area contributed by atoms with Crippen molar-refractivity contribution in [3.05, 3.63) is 51.4 Å². The summed E-state index contributed by atoms with van der Waals surface area (Å²) in [4.78, 5) is 26.2. The van der Waals surface area contributed by atoms with Gasteiger partial charge in [0.15, 0.2) is 0 Å². The Bertz CT molecular complexity index is 1090. The van der Waals surface area contributed by atoms with Gasteiger partial charge in [-0.25, -0.2) is 0 Å². The molecule has 2 N–H and O–H groups in total. The quantitative estimate of drug-likeness (QED) is 0.642. The summed E-state index contributed by atoms with van der Waals surface area (Å²) in [7, 11) is 3.39. The van der Waals surface area contributed by atoms with Gasteiger partial charge in [0.25, 0.3) is 5.91 Å². The lowest BCUT2D eigenvalue weighted by atomic mass is 10.1. The van der Waals surface area contributed by atoms with E-state index in [1.54, 1.807) is 28.9 Å². The average Bonchev–Trinajstić information content (AvgIpc) is 3.22. The minimum atomic E-state index is -0.363. The SMILES string of the molecule is Cc1nn(C)c(C)c1-c1cc(C(=O)N(C)CC(=O)Nc2ccc(Cl)c(Cl)c2)[nH]n1. The molecule has 0 saturated heterocycles. The fraction of sp³-hybridized carbons (Fsp3) is 0.263. The van der Waals surface area contributed by atoms with E-state index >= 15 is 0 Å². The molecule has 0 aliphatic carbocycles. The molecule has 0 radical (unpaired) electrons. The summed E-state index contributed by atoms with van der Waals surface area (Å²) in [5.74, 6) is -0.717. The van der Waals surface area contributed by atoms with Crippen LogP contribution in [0.2, 0.25) is 10.0 Å². The van der Waals surface area contributed by atoms with Crippen LogP contribution in [0, 0.1) is 13.8 Å². The minimum Gasteiger partial charge on any atom is -0.331 e. The first-order valence-corrected chi connectivity index (χ1v) is 9.49. The molecule has 0 spiro atoms. The molecule has 8 nitrogen and oxygen atoms in total. The first kappa shape index (κ1) is 20.9. The molecule has 10 heteroatoms. The number of anilines is 1. The van der Waals surface area contributed by atoms with Gasteiger partial charge in [0.1, 0.15) is 5.69 Å². The Kier molecular flexibility index (Phi) is 5.95. The third kappa shape index (κ3) is 4.44. The van der Waals surface area contributed by atoms with Crippen LogP contribution in [0.15, 0.2) is 24.3 Å². The monoisotopic (exact) mass is 434 g/mol. The highest BCUT2D eigenvalue weighted by Gasteiger charge is 2.20. The average molecular weight is 435 g/mol. The van der Waals surface area contributed by atoms with Crippen molar-refractivity contribution >= 4 is 40.7 Å². The lowest BCUT2D eigenvalue weighted by molar-refractivity contribution is -0.116. The number of rotatable bonds is 5. The van der Waals surface area contributed by atoms with E-state index in [0.29, 0.717) is 21.4 Å². The van der Waals surface area contributed by atoms with Crippen molar-refractivity contribution in [3.63, 3.8) is 0 Å². The summed E-state index contributed by atoms with van der Waals surface area (Å²) >= 11 is 11.8. The molecule has 0 unspecified atom stereocenters. The van der Waals surface area contributed by atoms with Gasteiger partial charge in [-0.05, 0) is 38.1 Å². The van der Waals surface area contributed by atoms with Crippen molar-refractivity contribution in [2.45, 2.75) is 13.8 Å². The summed E-state index contributed by atoms with van der Waals surface area (Å²) in [6, 6.07) is 6.42. The molecular formula is C19H20Cl2N6O2. The number of nitrogens with zero attached hydrogens (tertiary/aromatic N) is 4. The maximum absolute atomic E-state index is 12.7. The Labute approximate surface area is 177 Å². The standard InChI is InChI=1S/C19H20Cl2N6O2/c1-10-18(11(2)27(4)25-10)15-8-16(24-23-15)19(29)26(3)9-17(28)22-12-5-6-13(20)14(21)7-12/h5-8H,9H2,1-4H3,(H,22,28)(H,23,24). The van der Waals surface area contributed by atoms with Gasteiger partial charge in [0.2, 0.25) is 5.91 Å². The van der Waals surface area contributed by atoms with E-state index in [-0.39, 0.29) is 24.1 Å². The predicted molar refractivity (Wildman–Crippen MR) is 112 cm³/mol. The highest BCUT2D eigenvalue weighted by molar-refractivity contribution is 6.42. The van der Waals surface area contributed by atoms with E-state index in [0.717, 1.165) is 17.0 Å². The summed E-state index contributed by atoms with van der Waals surface area (Å²) in [6.07, 6.45) is 0. The van der Waals surface area contributed by atoms with Gasteiger partial charge >= 0.3 is 0 Å². The third-order valence-corrected chi connectivity index (χ3v) is 5.24. The van der Waals surface area contributed by atoms with Gasteiger partial charge < -0.3 is 10.2 Å². The lowest BCUT2D eigenvalue weighted by Gasteiger charge is -2.16. The smallest absolute Gasteiger partial charge is 0.272 e. The van der Waals surface area contributed by atoms with E-state index in [2.05, 4.69) is 20.6 Å². The molecule has 3 rings (SSSR count). The van der Waals surface area contributed by atoms with Crippen molar-refractivity contribution in [2.24, 2.45) is 7.05 Å². The summed E-state index contributed by atoms with van der Waals surface area (Å²) in [6.45, 7) is 3.68. The van der Waals surface area contributed by atoms with Crippen LogP contribution in [0.3, 0.4) is 0 Å². The van der Waals surface area contributed by atoms with Crippen LogP contribution in [0.4, 0.5) is 5.69 Å². The number of carbonyl (C=O) groups excluding carboxylic acids is 2. The number of carbonyl (C=O) groups is 2. The number of aromatic amines is 1. The van der Waals surface area contributed by atoms with Crippen molar-refractivity contribution in [3.8, 4) is 11.3 Å². The van der Waals surface area contributed by atoms with E-state index in [1.165, 1.54) is 11.9 Å². The van der Waals surface area contributed by atoms with E-state index in [1.807, 2.05) is 20.9 Å². The molecule has 0 saturated carbocycles. The second kappa shape index (κ2) is 8.26. The molecule has 2 amide bonds. The molecule has 152 valence electrons. The van der Waals surface area contributed by atoms with Crippen molar-refractivity contribution in [2.75, 3.05) is 18.9 Å². The summed E-state index contributed by atoms with van der Waals surface area (Å²) in [5.41, 5.74) is 4.06. The van der Waals surface area contributed by atoms with Gasteiger partial charge in [0, 0.05) is 31.0 Å². The topological polar surface area (TPSA) is 95.9 Å². The summed E-state index contributed by atoms with van der Waals surface area (Å²) in [5, 5.41) is 14.8. The highest BCUT2D eigenvalue weighted by atomic mass is 35.5. The second-order valence-corrected chi connectivity index (χ2v) is 7.49. The molecule has 0 atom stereocenters. The van der Waals surface area contributed by atoms with Gasteiger partial charge in [-0.3, -0.25) is 19.4 Å². The highest BCUT2D eigenvalue weighted by Crippen LogP contribution is 2.26. The van der Waals surface area contributed by atoms with Crippen LogP contribution in [0.1, 0.15) is 21.9 Å². The third-order valence-electron chi connectivity index (χ3n) is 4.50. The minimum absolute atomic E-state index is 0.140. The van der Waals surface area contributed by atoms with Gasteiger partial charge in [-0.2, -0.15) is 10.2 Å². The fourth-order valence-corrected chi connectivity index (χ4v) is 3.27. The number of benzene rings is 1. The maximum Gasteiger partial charge on any atom is 0.272 e. The number of likely N-dealkylation sites (N-methyl/N-ethyl adjacent to an activating group) is 1. The first-order valence-electron chi connectivity index (χ1n) is 8.73. The molecule has 29 heavy (non-hydrogen) atoms. The number of aryl methyl sites for hydroxylation is 2. The molecule has 2 heterocycles. The van der Waals surface area contributed by atoms with Crippen LogP contribution < -0.4 is 5.32 Å². The second-order valence-electron chi connectivity index (χ2n) is 6.67. The van der Waals surface area contributed by atoms with E-state index in [4.69, 9.17) is 23.2 Å². The number of nitrogens with one attached hydrogen (secondary N) is 2. The number of amides is 2. The van der Waals surface area contributed by atoms with Gasteiger partial charge in [-0.15, -0.1) is 0 Å². The molecule has 3 aromatic rings. The fourth-order valence-electron chi connectivity index (χ4n) is 2.97. The molecular weight excluding hydrogens is 415 g/mol. The maximum atomic E-state index is 12.7. The number of halogens is 2. The van der Waals surface area contributed by atoms with Crippen LogP contribution in [0.25, 0.3) is 11.3 Å². The van der Waals surface area contributed by atoms with E-state index < -0.39 is 0 Å². The molecule has 0 bridgehead atoms. The molecule has 2 aromatic heterocycles. The predicted octanol–water partition coefficient (Wildman–Crippen LogP) is 3.44. The first-order chi connectivity index (χ1) is 13.7. The number of hydrogen-bond donors (Lipinski definition) is 2. The summed E-state index contributed by atoms with van der Waals surface area (Å²) < 4.78 is 1.76. The van der Waals surface area contributed by atoms with Crippen LogP contribution in [-0.2, 0) is 11.8 Å². The molecule has 0 aliphatic rings. The molecule has 0 aliphatic heterocycles. The number of hydrogen-bond acceptors (Lipinski definition) is 4. The van der Waals surface area contributed by atoms with E-state index in [9.17, 15) is 9.59 Å². The van der Waals surface area contributed by atoms with Crippen molar-refractivity contribution < 1.29 is 9.59 Å². The van der Waals surface area contributed by atoms with Crippen LogP contribution in [0.5, 0.6) is 0 Å². The Hall–Kier alpha value is -2.84. The zero-order valence-corrected chi connectivity index (χ0v) is 17.9. The largest absolute Gasteiger partial charge is 0.331 e. The molecule has 1 aromatic carbocycles.